The predicted octanol–water partition coefficient (Wildman–Crippen LogP) is 1.29. The van der Waals surface area contributed by atoms with Crippen molar-refractivity contribution < 1.29 is 4.74 Å². The Bertz CT molecular complexity index is 90.3. The van der Waals surface area contributed by atoms with Crippen LogP contribution in [-0.2, 0) is 4.74 Å². The number of hydrogen-bond acceptors (Lipinski definition) is 2. The van der Waals surface area contributed by atoms with Gasteiger partial charge in [0.1, 0.15) is 6.10 Å². The van der Waals surface area contributed by atoms with Gasteiger partial charge in [-0.3, -0.25) is 0 Å². The van der Waals surface area contributed by atoms with E-state index in [-0.39, 0.29) is 6.10 Å². The van der Waals surface area contributed by atoms with Crippen molar-refractivity contribution >= 4 is 17.6 Å². The molecule has 0 amide bonds. The molecule has 0 fully saturated rings. The standard InChI is InChI=1S/C5H6OS/c7-4-5-2-1-3-6-5/h1,3-5H,2H2. The molecule has 1 heterocycles. The van der Waals surface area contributed by atoms with Crippen LogP contribution in [0, 0.1) is 0 Å². The molecule has 7 heavy (non-hydrogen) atoms. The molecule has 0 aliphatic carbocycles. The monoisotopic (exact) mass is 114 g/mol. The Morgan fingerprint density at radius 2 is 2.71 bits per heavy atom. The van der Waals surface area contributed by atoms with Crippen LogP contribution in [-0.4, -0.2) is 11.5 Å². The van der Waals surface area contributed by atoms with E-state index in [1.54, 1.807) is 11.6 Å². The zero-order chi connectivity index (χ0) is 5.11. The quantitative estimate of drug-likeness (QED) is 0.475. The Hall–Kier alpha value is -0.370. The summed E-state index contributed by atoms with van der Waals surface area (Å²) < 4.78 is 4.96. The van der Waals surface area contributed by atoms with Gasteiger partial charge in [-0.15, -0.1) is 0 Å². The van der Waals surface area contributed by atoms with Crippen LogP contribution >= 0.6 is 12.2 Å². The number of ether oxygens (including phenoxy) is 1. The van der Waals surface area contributed by atoms with E-state index >= 15 is 0 Å². The van der Waals surface area contributed by atoms with Crippen molar-refractivity contribution in [3.05, 3.63) is 12.3 Å². The molecule has 38 valence electrons. The van der Waals surface area contributed by atoms with Crippen LogP contribution in [0.3, 0.4) is 0 Å². The lowest BCUT2D eigenvalue weighted by Crippen LogP contribution is -2.02. The molecule has 0 N–H and O–H groups in total. The van der Waals surface area contributed by atoms with Gasteiger partial charge in [-0.05, 0) is 6.08 Å². The molecule has 0 saturated carbocycles. The fraction of sp³-hybridized carbons (Fsp3) is 0.400. The normalized spacial score (nSPS) is 27.1. The van der Waals surface area contributed by atoms with Gasteiger partial charge in [-0.25, -0.2) is 0 Å². The first-order valence-corrected chi connectivity index (χ1v) is 2.66. The third-order valence-electron chi connectivity index (χ3n) is 0.870. The van der Waals surface area contributed by atoms with Crippen LogP contribution in [0.4, 0.5) is 0 Å². The highest BCUT2D eigenvalue weighted by Crippen LogP contribution is 2.05. The van der Waals surface area contributed by atoms with Gasteiger partial charge in [0.05, 0.1) is 6.26 Å². The fourth-order valence-electron chi connectivity index (χ4n) is 0.489. The molecule has 0 radical (unpaired) electrons. The molecule has 1 nitrogen and oxygen atoms in total. The maximum absolute atomic E-state index is 4.96. The summed E-state index contributed by atoms with van der Waals surface area (Å²) in [5.41, 5.74) is 0. The zero-order valence-electron chi connectivity index (χ0n) is 3.83. The average molecular weight is 114 g/mol. The van der Waals surface area contributed by atoms with Gasteiger partial charge in [-0.1, -0.05) is 12.2 Å². The first kappa shape index (κ1) is 4.78. The minimum atomic E-state index is 0.176. The van der Waals surface area contributed by atoms with Crippen molar-refractivity contribution in [1.29, 1.82) is 0 Å². The molecule has 1 atom stereocenters. The van der Waals surface area contributed by atoms with E-state index in [1.807, 2.05) is 6.08 Å². The zero-order valence-corrected chi connectivity index (χ0v) is 4.65. The van der Waals surface area contributed by atoms with Crippen molar-refractivity contribution in [3.8, 4) is 0 Å². The summed E-state index contributed by atoms with van der Waals surface area (Å²) in [6.45, 7) is 0. The Morgan fingerprint density at radius 3 is 3.00 bits per heavy atom. The minimum Gasteiger partial charge on any atom is -0.493 e. The highest BCUT2D eigenvalue weighted by atomic mass is 32.1. The molecule has 0 aromatic carbocycles. The molecule has 1 rings (SSSR count). The summed E-state index contributed by atoms with van der Waals surface area (Å²) in [5.74, 6) is 0. The summed E-state index contributed by atoms with van der Waals surface area (Å²) in [7, 11) is 0. The van der Waals surface area contributed by atoms with Crippen molar-refractivity contribution in [2.45, 2.75) is 12.5 Å². The Kier molecular flexibility index (Phi) is 1.42. The summed E-state index contributed by atoms with van der Waals surface area (Å²) in [4.78, 5) is 0. The Morgan fingerprint density at radius 1 is 1.86 bits per heavy atom. The fourth-order valence-corrected chi connectivity index (χ4v) is 0.665. The average Bonchev–Trinajstić information content (AvgIpc) is 2.14. The van der Waals surface area contributed by atoms with Crippen molar-refractivity contribution in [2.24, 2.45) is 0 Å². The molecular weight excluding hydrogens is 108 g/mol. The molecule has 1 unspecified atom stereocenters. The lowest BCUT2D eigenvalue weighted by Gasteiger charge is -1.98. The van der Waals surface area contributed by atoms with Gasteiger partial charge in [0.25, 0.3) is 0 Å². The molecule has 1 aliphatic heterocycles. The lowest BCUT2D eigenvalue weighted by molar-refractivity contribution is 0.237. The van der Waals surface area contributed by atoms with Gasteiger partial charge in [0.2, 0.25) is 0 Å². The second kappa shape index (κ2) is 2.07. The highest BCUT2D eigenvalue weighted by molar-refractivity contribution is 7.79. The van der Waals surface area contributed by atoms with E-state index in [4.69, 9.17) is 4.74 Å². The number of hydrogen-bond donors (Lipinski definition) is 0. The van der Waals surface area contributed by atoms with Crippen LogP contribution in [0.5, 0.6) is 0 Å². The van der Waals surface area contributed by atoms with Crippen LogP contribution in [0.15, 0.2) is 12.3 Å². The van der Waals surface area contributed by atoms with Gasteiger partial charge in [-0.2, -0.15) is 0 Å². The molecule has 2 heteroatoms. The van der Waals surface area contributed by atoms with Gasteiger partial charge in [0.15, 0.2) is 0 Å². The van der Waals surface area contributed by atoms with Crippen molar-refractivity contribution in [2.75, 3.05) is 0 Å². The molecule has 0 aromatic rings. The summed E-state index contributed by atoms with van der Waals surface area (Å²) in [5, 5.41) is 1.64. The first-order valence-electron chi connectivity index (χ1n) is 2.19. The molecule has 0 spiro atoms. The largest absolute Gasteiger partial charge is 0.493 e. The van der Waals surface area contributed by atoms with Crippen LogP contribution in [0.25, 0.3) is 0 Å². The van der Waals surface area contributed by atoms with Gasteiger partial charge >= 0.3 is 0 Å². The van der Waals surface area contributed by atoms with Crippen LogP contribution < -0.4 is 0 Å². The van der Waals surface area contributed by atoms with Crippen molar-refractivity contribution in [3.63, 3.8) is 0 Å². The third kappa shape index (κ3) is 0.996. The smallest absolute Gasteiger partial charge is 0.130 e. The van der Waals surface area contributed by atoms with E-state index in [9.17, 15) is 0 Å². The summed E-state index contributed by atoms with van der Waals surface area (Å²) >= 11 is 4.62. The first-order chi connectivity index (χ1) is 3.43. The maximum Gasteiger partial charge on any atom is 0.130 e. The van der Waals surface area contributed by atoms with E-state index in [0.29, 0.717) is 0 Å². The lowest BCUT2D eigenvalue weighted by atomic mass is 10.3. The summed E-state index contributed by atoms with van der Waals surface area (Å²) in [6.07, 6.45) is 4.78. The molecule has 1 aliphatic rings. The third-order valence-corrected chi connectivity index (χ3v) is 1.17. The van der Waals surface area contributed by atoms with Crippen LogP contribution in [0.2, 0.25) is 0 Å². The Labute approximate surface area is 48.0 Å². The van der Waals surface area contributed by atoms with E-state index in [0.717, 1.165) is 6.42 Å². The number of rotatable bonds is 1. The SMILES string of the molecule is S=CC1CC=CO1. The topological polar surface area (TPSA) is 9.23 Å². The second-order valence-corrected chi connectivity index (χ2v) is 1.69. The highest BCUT2D eigenvalue weighted by Gasteiger charge is 2.04. The predicted molar refractivity (Wildman–Crippen MR) is 32.3 cm³/mol. The van der Waals surface area contributed by atoms with E-state index in [2.05, 4.69) is 12.2 Å². The van der Waals surface area contributed by atoms with Gasteiger partial charge in [0, 0.05) is 11.8 Å². The molecule has 0 aromatic heterocycles. The van der Waals surface area contributed by atoms with E-state index in [1.165, 1.54) is 0 Å². The summed E-state index contributed by atoms with van der Waals surface area (Å²) in [6, 6.07) is 0. The molecule has 0 saturated heterocycles. The maximum atomic E-state index is 4.96. The second-order valence-electron chi connectivity index (χ2n) is 1.42. The Balaban J connectivity index is 2.35. The molecular formula is C5H6OS. The number of thiocarbonyl (C=S) groups is 1. The van der Waals surface area contributed by atoms with Crippen LogP contribution in [0.1, 0.15) is 6.42 Å². The molecule has 0 bridgehead atoms. The van der Waals surface area contributed by atoms with Crippen molar-refractivity contribution in [1.82, 2.24) is 0 Å². The minimum absolute atomic E-state index is 0.176. The van der Waals surface area contributed by atoms with E-state index < -0.39 is 0 Å². The van der Waals surface area contributed by atoms with Gasteiger partial charge < -0.3 is 4.74 Å².